The van der Waals surface area contributed by atoms with Crippen molar-refractivity contribution in [2.75, 3.05) is 12.3 Å². The van der Waals surface area contributed by atoms with E-state index < -0.39 is 35.7 Å². The Kier molecular flexibility index (Phi) is 7.07. The molecular formula is C17H17F3N3O3S-. The third kappa shape index (κ3) is 5.60. The summed E-state index contributed by atoms with van der Waals surface area (Å²) < 4.78 is 41.1. The van der Waals surface area contributed by atoms with Crippen molar-refractivity contribution in [3.8, 4) is 6.07 Å². The maximum Gasteiger partial charge on any atom is 0.418 e. The minimum Gasteiger partial charge on any atom is -0.548 e. The van der Waals surface area contributed by atoms with Crippen molar-refractivity contribution in [2.24, 2.45) is 0 Å². The van der Waals surface area contributed by atoms with E-state index in [2.05, 4.69) is 10.3 Å². The van der Waals surface area contributed by atoms with Crippen molar-refractivity contribution in [1.29, 1.82) is 5.26 Å². The summed E-state index contributed by atoms with van der Waals surface area (Å²) >= 11 is 0.688. The van der Waals surface area contributed by atoms with Gasteiger partial charge in [0.1, 0.15) is 11.1 Å². The van der Waals surface area contributed by atoms with Crippen molar-refractivity contribution in [1.82, 2.24) is 10.3 Å². The Hall–Kier alpha value is -2.28. The van der Waals surface area contributed by atoms with E-state index in [0.29, 0.717) is 36.7 Å². The summed E-state index contributed by atoms with van der Waals surface area (Å²) in [5.41, 5.74) is -1.16. The molecule has 1 aromatic rings. The summed E-state index contributed by atoms with van der Waals surface area (Å²) in [5.74, 6) is -2.54. The number of carbonyl (C=O) groups excluding carboxylic acids is 2. The van der Waals surface area contributed by atoms with Crippen LogP contribution in [0.4, 0.5) is 13.2 Å². The summed E-state index contributed by atoms with van der Waals surface area (Å²) in [6, 6.07) is 1.59. The summed E-state index contributed by atoms with van der Waals surface area (Å²) in [7, 11) is 0. The van der Waals surface area contributed by atoms with Crippen molar-refractivity contribution >= 4 is 23.6 Å². The Bertz CT molecular complexity index is 775. The number of nitrogens with zero attached hydrogens (tertiary/aromatic N) is 2. The van der Waals surface area contributed by atoms with Crippen LogP contribution in [0.1, 0.15) is 48.1 Å². The van der Waals surface area contributed by atoms with E-state index in [1.54, 1.807) is 6.07 Å². The van der Waals surface area contributed by atoms with Crippen LogP contribution in [-0.2, 0) is 28.6 Å². The molecule has 0 saturated heterocycles. The molecule has 1 heterocycles. The SMILES string of the molecule is N#Cc1c(SCC(=O)NCC(=O)[O-])nc2c(c1C(F)(F)F)CCCCCC2. The largest absolute Gasteiger partial charge is 0.548 e. The van der Waals surface area contributed by atoms with Gasteiger partial charge in [0.25, 0.3) is 0 Å². The smallest absolute Gasteiger partial charge is 0.418 e. The highest BCUT2D eigenvalue weighted by molar-refractivity contribution is 8.00. The minimum atomic E-state index is -4.70. The second kappa shape index (κ2) is 9.08. The number of carbonyl (C=O) groups is 2. The molecule has 146 valence electrons. The van der Waals surface area contributed by atoms with E-state index in [9.17, 15) is 33.1 Å². The third-order valence-electron chi connectivity index (χ3n) is 4.11. The Morgan fingerprint density at radius 2 is 1.89 bits per heavy atom. The lowest BCUT2D eigenvalue weighted by molar-refractivity contribution is -0.304. The van der Waals surface area contributed by atoms with Gasteiger partial charge in [0.05, 0.1) is 29.4 Å². The average Bonchev–Trinajstić information content (AvgIpc) is 2.57. The summed E-state index contributed by atoms with van der Waals surface area (Å²) in [6.45, 7) is -0.698. The molecule has 0 aromatic carbocycles. The van der Waals surface area contributed by atoms with E-state index in [1.165, 1.54) is 0 Å². The van der Waals surface area contributed by atoms with Crippen LogP contribution in [0.2, 0.25) is 0 Å². The van der Waals surface area contributed by atoms with Gasteiger partial charge in [-0.05, 0) is 31.2 Å². The predicted molar refractivity (Wildman–Crippen MR) is 88.6 cm³/mol. The number of pyridine rings is 1. The van der Waals surface area contributed by atoms with Crippen molar-refractivity contribution < 1.29 is 27.9 Å². The lowest BCUT2D eigenvalue weighted by Gasteiger charge is -2.21. The van der Waals surface area contributed by atoms with Crippen LogP contribution in [0, 0.1) is 11.3 Å². The van der Waals surface area contributed by atoms with Crippen LogP contribution < -0.4 is 10.4 Å². The molecule has 1 aliphatic carbocycles. The summed E-state index contributed by atoms with van der Waals surface area (Å²) in [6.07, 6.45) is -1.08. The monoisotopic (exact) mass is 400 g/mol. The first-order valence-electron chi connectivity index (χ1n) is 8.36. The molecule has 1 aliphatic rings. The molecule has 1 amide bonds. The molecule has 0 bridgehead atoms. The normalized spacial score (nSPS) is 14.4. The fourth-order valence-corrected chi connectivity index (χ4v) is 3.79. The average molecular weight is 400 g/mol. The van der Waals surface area contributed by atoms with Crippen molar-refractivity contribution in [3.63, 3.8) is 0 Å². The molecule has 0 spiro atoms. The number of carboxylic acids is 1. The van der Waals surface area contributed by atoms with E-state index in [1.807, 2.05) is 0 Å². The Labute approximate surface area is 158 Å². The first-order chi connectivity index (χ1) is 12.7. The zero-order valence-electron chi connectivity index (χ0n) is 14.3. The first kappa shape index (κ1) is 21.0. The molecule has 0 aliphatic heterocycles. The van der Waals surface area contributed by atoms with Gasteiger partial charge in [0.15, 0.2) is 0 Å². The zero-order valence-corrected chi connectivity index (χ0v) is 15.1. The molecule has 0 radical (unpaired) electrons. The number of thioether (sulfide) groups is 1. The number of amides is 1. The number of hydrogen-bond acceptors (Lipinski definition) is 6. The number of aryl methyl sites for hydroxylation is 1. The fraction of sp³-hybridized carbons (Fsp3) is 0.529. The topological polar surface area (TPSA) is 106 Å². The molecule has 0 unspecified atom stereocenters. The minimum absolute atomic E-state index is 0.0736. The Morgan fingerprint density at radius 1 is 1.22 bits per heavy atom. The van der Waals surface area contributed by atoms with Crippen LogP contribution in [0.5, 0.6) is 0 Å². The molecule has 2 rings (SSSR count). The van der Waals surface area contributed by atoms with Gasteiger partial charge in [-0.2, -0.15) is 18.4 Å². The third-order valence-corrected chi connectivity index (χ3v) is 5.08. The second-order valence-electron chi connectivity index (χ2n) is 6.05. The maximum atomic E-state index is 13.7. The lowest BCUT2D eigenvalue weighted by Crippen LogP contribution is -2.38. The molecule has 0 atom stereocenters. The van der Waals surface area contributed by atoms with Crippen LogP contribution >= 0.6 is 11.8 Å². The Balaban J connectivity index is 2.39. The van der Waals surface area contributed by atoms with Gasteiger partial charge >= 0.3 is 6.18 Å². The highest BCUT2D eigenvalue weighted by Gasteiger charge is 2.39. The molecule has 1 aromatic heterocycles. The van der Waals surface area contributed by atoms with E-state index in [-0.39, 0.29) is 22.8 Å². The van der Waals surface area contributed by atoms with Gasteiger partial charge in [0, 0.05) is 5.69 Å². The molecular weight excluding hydrogens is 383 g/mol. The molecule has 6 nitrogen and oxygen atoms in total. The number of nitriles is 1. The molecule has 0 fully saturated rings. The van der Waals surface area contributed by atoms with Gasteiger partial charge in [-0.3, -0.25) is 4.79 Å². The Morgan fingerprint density at radius 3 is 2.48 bits per heavy atom. The number of halogens is 3. The zero-order chi connectivity index (χ0) is 20.0. The van der Waals surface area contributed by atoms with Crippen LogP contribution in [-0.4, -0.2) is 29.2 Å². The number of fused-ring (bicyclic) bond motifs is 1. The van der Waals surface area contributed by atoms with E-state index in [0.717, 1.165) is 12.8 Å². The highest BCUT2D eigenvalue weighted by Crippen LogP contribution is 2.40. The summed E-state index contributed by atoms with van der Waals surface area (Å²) in [4.78, 5) is 26.2. The van der Waals surface area contributed by atoms with Crippen LogP contribution in [0.3, 0.4) is 0 Å². The number of carboxylic acid groups (broad SMARTS) is 1. The quantitative estimate of drug-likeness (QED) is 0.753. The van der Waals surface area contributed by atoms with Crippen molar-refractivity contribution in [2.45, 2.75) is 49.7 Å². The number of aromatic nitrogens is 1. The second-order valence-corrected chi connectivity index (χ2v) is 7.02. The molecule has 10 heteroatoms. The standard InChI is InChI=1S/C17H18F3N3O3S/c18-17(19,20)15-10-5-3-1-2-4-6-12(10)23-16(11(15)7-21)27-9-13(24)22-8-14(25)26/h1-6,8-9H2,(H,22,24)(H,25,26)/p-1. The fourth-order valence-electron chi connectivity index (χ4n) is 2.95. The lowest BCUT2D eigenvalue weighted by atomic mass is 9.91. The van der Waals surface area contributed by atoms with Gasteiger partial charge < -0.3 is 15.2 Å². The van der Waals surface area contributed by atoms with E-state index >= 15 is 0 Å². The number of hydrogen-bond donors (Lipinski definition) is 1. The van der Waals surface area contributed by atoms with Crippen molar-refractivity contribution in [3.05, 3.63) is 22.4 Å². The number of alkyl halides is 3. The highest BCUT2D eigenvalue weighted by atomic mass is 32.2. The predicted octanol–water partition coefficient (Wildman–Crippen LogP) is 1.59. The molecule has 0 saturated carbocycles. The number of nitrogens with one attached hydrogen (secondary N) is 1. The summed E-state index contributed by atoms with van der Waals surface area (Å²) in [5, 5.41) is 21.6. The van der Waals surface area contributed by atoms with Crippen LogP contribution in [0.25, 0.3) is 0 Å². The van der Waals surface area contributed by atoms with E-state index in [4.69, 9.17) is 0 Å². The van der Waals surface area contributed by atoms with Crippen LogP contribution in [0.15, 0.2) is 5.03 Å². The molecule has 27 heavy (non-hydrogen) atoms. The van der Waals surface area contributed by atoms with Gasteiger partial charge in [-0.15, -0.1) is 0 Å². The number of rotatable bonds is 5. The van der Waals surface area contributed by atoms with Gasteiger partial charge in [0.2, 0.25) is 5.91 Å². The number of aliphatic carboxylic acids is 1. The first-order valence-corrected chi connectivity index (χ1v) is 9.35. The van der Waals surface area contributed by atoms with Gasteiger partial charge in [-0.25, -0.2) is 4.98 Å². The maximum absolute atomic E-state index is 13.7. The molecule has 1 N–H and O–H groups in total. The van der Waals surface area contributed by atoms with Gasteiger partial charge in [-0.1, -0.05) is 24.6 Å².